The molecule has 0 radical (unpaired) electrons. The van der Waals surface area contributed by atoms with Crippen LogP contribution in [0, 0.1) is 0 Å². The summed E-state index contributed by atoms with van der Waals surface area (Å²) in [6.45, 7) is 0.974. The minimum absolute atomic E-state index is 0.165. The van der Waals surface area contributed by atoms with Gasteiger partial charge in [0, 0.05) is 37.9 Å². The van der Waals surface area contributed by atoms with E-state index in [0.717, 1.165) is 0 Å². The number of carbonyl (C=O) groups excluding carboxylic acids is 2. The zero-order valence-electron chi connectivity index (χ0n) is 11.5. The number of rotatable bonds is 6. The molecule has 2 rings (SSSR count). The monoisotopic (exact) mass is 284 g/mol. The summed E-state index contributed by atoms with van der Waals surface area (Å²) in [5.41, 5.74) is 1.05. The van der Waals surface area contributed by atoms with Gasteiger partial charge in [0.05, 0.1) is 11.1 Å². The van der Waals surface area contributed by atoms with Crippen molar-refractivity contribution in [1.29, 1.82) is 0 Å². The van der Waals surface area contributed by atoms with Gasteiger partial charge in [-0.3, -0.25) is 19.6 Å². The summed E-state index contributed by atoms with van der Waals surface area (Å²) in [7, 11) is 0. The van der Waals surface area contributed by atoms with Crippen molar-refractivity contribution in [3.63, 3.8) is 0 Å². The SMILES string of the molecule is O=C(NCCCNC(=O)c1cccnc1)c1cccnc1. The number of hydrogen-bond donors (Lipinski definition) is 2. The fourth-order valence-electron chi connectivity index (χ4n) is 1.69. The summed E-state index contributed by atoms with van der Waals surface area (Å²) in [5, 5.41) is 5.54. The Kier molecular flexibility index (Phi) is 5.40. The van der Waals surface area contributed by atoms with E-state index in [-0.39, 0.29) is 11.8 Å². The number of amides is 2. The molecular weight excluding hydrogens is 268 g/mol. The van der Waals surface area contributed by atoms with Gasteiger partial charge in [-0.1, -0.05) is 0 Å². The molecule has 108 valence electrons. The lowest BCUT2D eigenvalue weighted by molar-refractivity contribution is 0.0951. The van der Waals surface area contributed by atoms with E-state index in [1.807, 2.05) is 0 Å². The molecule has 0 aromatic carbocycles. The predicted molar refractivity (Wildman–Crippen MR) is 77.8 cm³/mol. The zero-order chi connectivity index (χ0) is 14.9. The van der Waals surface area contributed by atoms with Crippen LogP contribution in [-0.4, -0.2) is 34.9 Å². The molecule has 6 nitrogen and oxygen atoms in total. The van der Waals surface area contributed by atoms with Crippen LogP contribution < -0.4 is 10.6 Å². The van der Waals surface area contributed by atoms with Crippen LogP contribution in [0.4, 0.5) is 0 Å². The summed E-state index contributed by atoms with van der Waals surface area (Å²) in [6.07, 6.45) is 6.91. The summed E-state index contributed by atoms with van der Waals surface area (Å²) < 4.78 is 0. The standard InChI is InChI=1S/C15H16N4O2/c20-14(12-4-1-6-16-10-12)18-8-3-9-19-15(21)13-5-2-7-17-11-13/h1-2,4-7,10-11H,3,8-9H2,(H,18,20)(H,19,21). The first-order chi connectivity index (χ1) is 10.3. The number of hydrogen-bond acceptors (Lipinski definition) is 4. The molecule has 0 saturated carbocycles. The Bertz CT molecular complexity index is 534. The molecule has 2 N–H and O–H groups in total. The van der Waals surface area contributed by atoms with Crippen molar-refractivity contribution in [1.82, 2.24) is 20.6 Å². The molecule has 0 aliphatic rings. The molecule has 6 heteroatoms. The first kappa shape index (κ1) is 14.6. The van der Waals surface area contributed by atoms with Crippen molar-refractivity contribution in [3.8, 4) is 0 Å². The average Bonchev–Trinajstić information content (AvgIpc) is 2.55. The highest BCUT2D eigenvalue weighted by Crippen LogP contribution is 1.96. The van der Waals surface area contributed by atoms with E-state index < -0.39 is 0 Å². The van der Waals surface area contributed by atoms with Gasteiger partial charge in [0.15, 0.2) is 0 Å². The van der Waals surface area contributed by atoms with Gasteiger partial charge < -0.3 is 10.6 Å². The molecule has 0 bridgehead atoms. The second-order valence-corrected chi connectivity index (χ2v) is 4.35. The minimum Gasteiger partial charge on any atom is -0.352 e. The summed E-state index contributed by atoms with van der Waals surface area (Å²) in [6, 6.07) is 6.82. The topological polar surface area (TPSA) is 84.0 Å². The Morgan fingerprint density at radius 2 is 1.33 bits per heavy atom. The van der Waals surface area contributed by atoms with E-state index in [9.17, 15) is 9.59 Å². The maximum atomic E-state index is 11.7. The van der Waals surface area contributed by atoms with E-state index in [2.05, 4.69) is 20.6 Å². The lowest BCUT2D eigenvalue weighted by Crippen LogP contribution is -2.29. The van der Waals surface area contributed by atoms with Gasteiger partial charge in [0.2, 0.25) is 0 Å². The molecule has 0 spiro atoms. The maximum Gasteiger partial charge on any atom is 0.252 e. The van der Waals surface area contributed by atoms with Crippen LogP contribution in [0.5, 0.6) is 0 Å². The minimum atomic E-state index is -0.165. The van der Waals surface area contributed by atoms with Gasteiger partial charge in [-0.15, -0.1) is 0 Å². The van der Waals surface area contributed by atoms with Crippen molar-refractivity contribution >= 4 is 11.8 Å². The van der Waals surface area contributed by atoms with Crippen LogP contribution in [0.1, 0.15) is 27.1 Å². The van der Waals surface area contributed by atoms with Gasteiger partial charge >= 0.3 is 0 Å². The van der Waals surface area contributed by atoms with E-state index in [4.69, 9.17) is 0 Å². The van der Waals surface area contributed by atoms with Crippen molar-refractivity contribution in [2.75, 3.05) is 13.1 Å². The summed E-state index contributed by atoms with van der Waals surface area (Å²) in [5.74, 6) is -0.330. The van der Waals surface area contributed by atoms with Crippen molar-refractivity contribution in [2.45, 2.75) is 6.42 Å². The second kappa shape index (κ2) is 7.74. The van der Waals surface area contributed by atoms with Gasteiger partial charge in [0.1, 0.15) is 0 Å². The Morgan fingerprint density at radius 1 is 0.857 bits per heavy atom. The molecule has 21 heavy (non-hydrogen) atoms. The highest BCUT2D eigenvalue weighted by Gasteiger charge is 2.05. The molecular formula is C15H16N4O2. The van der Waals surface area contributed by atoms with E-state index in [1.165, 1.54) is 12.4 Å². The Morgan fingerprint density at radius 3 is 1.71 bits per heavy atom. The molecule has 0 aliphatic heterocycles. The number of nitrogens with zero attached hydrogens (tertiary/aromatic N) is 2. The lowest BCUT2D eigenvalue weighted by atomic mass is 10.2. The molecule has 2 amide bonds. The third kappa shape index (κ3) is 4.68. The van der Waals surface area contributed by atoms with Crippen LogP contribution in [0.25, 0.3) is 0 Å². The molecule has 2 aromatic rings. The van der Waals surface area contributed by atoms with Crippen LogP contribution in [0.15, 0.2) is 49.1 Å². The lowest BCUT2D eigenvalue weighted by Gasteiger charge is -2.06. The maximum absolute atomic E-state index is 11.7. The van der Waals surface area contributed by atoms with Gasteiger partial charge in [-0.25, -0.2) is 0 Å². The fourth-order valence-corrected chi connectivity index (χ4v) is 1.69. The normalized spacial score (nSPS) is 9.90. The largest absolute Gasteiger partial charge is 0.352 e. The van der Waals surface area contributed by atoms with Crippen LogP contribution >= 0.6 is 0 Å². The quantitative estimate of drug-likeness (QED) is 0.776. The first-order valence-corrected chi connectivity index (χ1v) is 6.64. The highest BCUT2D eigenvalue weighted by molar-refractivity contribution is 5.94. The zero-order valence-corrected chi connectivity index (χ0v) is 11.5. The molecule has 0 aliphatic carbocycles. The molecule has 0 fully saturated rings. The highest BCUT2D eigenvalue weighted by atomic mass is 16.2. The first-order valence-electron chi connectivity index (χ1n) is 6.64. The second-order valence-electron chi connectivity index (χ2n) is 4.35. The van der Waals surface area contributed by atoms with Gasteiger partial charge in [0.25, 0.3) is 11.8 Å². The van der Waals surface area contributed by atoms with Crippen LogP contribution in [0.2, 0.25) is 0 Å². The van der Waals surface area contributed by atoms with Gasteiger partial charge in [-0.2, -0.15) is 0 Å². The van der Waals surface area contributed by atoms with Crippen molar-refractivity contribution in [2.24, 2.45) is 0 Å². The predicted octanol–water partition coefficient (Wildman–Crippen LogP) is 1.03. The van der Waals surface area contributed by atoms with E-state index >= 15 is 0 Å². The fraction of sp³-hybridized carbons (Fsp3) is 0.200. The van der Waals surface area contributed by atoms with Crippen LogP contribution in [0.3, 0.4) is 0 Å². The number of nitrogens with one attached hydrogen (secondary N) is 2. The third-order valence-corrected chi connectivity index (χ3v) is 2.77. The smallest absolute Gasteiger partial charge is 0.252 e. The Hall–Kier alpha value is -2.76. The molecule has 0 saturated heterocycles. The Labute approximate surface area is 122 Å². The molecule has 0 unspecified atom stereocenters. The molecule has 2 aromatic heterocycles. The number of pyridine rings is 2. The van der Waals surface area contributed by atoms with E-state index in [0.29, 0.717) is 30.6 Å². The van der Waals surface area contributed by atoms with E-state index in [1.54, 1.807) is 36.7 Å². The average molecular weight is 284 g/mol. The van der Waals surface area contributed by atoms with Crippen molar-refractivity contribution in [3.05, 3.63) is 60.2 Å². The number of carbonyl (C=O) groups is 2. The Balaban J connectivity index is 1.64. The summed E-state index contributed by atoms with van der Waals surface area (Å²) in [4.78, 5) is 31.2. The van der Waals surface area contributed by atoms with Crippen LogP contribution in [-0.2, 0) is 0 Å². The molecule has 2 heterocycles. The van der Waals surface area contributed by atoms with Gasteiger partial charge in [-0.05, 0) is 30.7 Å². The molecule has 0 atom stereocenters. The third-order valence-electron chi connectivity index (χ3n) is 2.77. The number of aromatic nitrogens is 2. The van der Waals surface area contributed by atoms with Crippen molar-refractivity contribution < 1.29 is 9.59 Å². The summed E-state index contributed by atoms with van der Waals surface area (Å²) >= 11 is 0.